The molecule has 1 fully saturated rings. The fourth-order valence-electron chi connectivity index (χ4n) is 9.18. The first kappa shape index (κ1) is 69.4. The van der Waals surface area contributed by atoms with Gasteiger partial charge in [-0.05, 0) is 103 Å². The van der Waals surface area contributed by atoms with Crippen LogP contribution in [0.3, 0.4) is 0 Å². The summed E-state index contributed by atoms with van der Waals surface area (Å²) < 4.78 is 16.6. The third-order valence-electron chi connectivity index (χ3n) is 14.1. The number of unbranched alkanes of at least 4 members (excludes halogenated alkanes) is 30. The van der Waals surface area contributed by atoms with Gasteiger partial charge in [0, 0.05) is 12.8 Å². The highest BCUT2D eigenvalue weighted by atomic mass is 16.7. The van der Waals surface area contributed by atoms with E-state index in [0.717, 1.165) is 83.5 Å². The minimum absolute atomic E-state index is 0.0130. The number of esters is 1. The van der Waals surface area contributed by atoms with E-state index >= 15 is 0 Å². The number of hydrogen-bond acceptors (Lipinski definition) is 10. The van der Waals surface area contributed by atoms with E-state index < -0.39 is 49.5 Å². The lowest BCUT2D eigenvalue weighted by molar-refractivity contribution is -0.302. The average Bonchev–Trinajstić information content (AvgIpc) is 3.40. The summed E-state index contributed by atoms with van der Waals surface area (Å²) in [6.45, 7) is 4.24. The van der Waals surface area contributed by atoms with Crippen molar-refractivity contribution in [1.82, 2.24) is 5.32 Å². The fourth-order valence-corrected chi connectivity index (χ4v) is 9.18. The van der Waals surface area contributed by atoms with Gasteiger partial charge in [-0.15, -0.1) is 0 Å². The van der Waals surface area contributed by atoms with Crippen LogP contribution in [0.4, 0.5) is 0 Å². The van der Waals surface area contributed by atoms with Gasteiger partial charge in [0.05, 0.1) is 32.0 Å². The first-order valence-electron chi connectivity index (χ1n) is 30.6. The number of allylic oxidation sites excluding steroid dienone is 9. The molecule has 0 radical (unpaired) electrons. The molecule has 430 valence electrons. The zero-order valence-electron chi connectivity index (χ0n) is 47.3. The normalized spacial score (nSPS) is 19.3. The topological polar surface area (TPSA) is 175 Å². The highest BCUT2D eigenvalue weighted by molar-refractivity contribution is 5.76. The maximum Gasteiger partial charge on any atom is 0.305 e. The van der Waals surface area contributed by atoms with Gasteiger partial charge in [-0.2, -0.15) is 0 Å². The van der Waals surface area contributed by atoms with Gasteiger partial charge in [0.1, 0.15) is 24.4 Å². The number of nitrogens with one attached hydrogen (secondary N) is 1. The van der Waals surface area contributed by atoms with Crippen LogP contribution in [0.25, 0.3) is 0 Å². The van der Waals surface area contributed by atoms with Crippen molar-refractivity contribution in [3.05, 3.63) is 60.8 Å². The molecule has 7 atom stereocenters. The van der Waals surface area contributed by atoms with Crippen molar-refractivity contribution in [2.24, 2.45) is 0 Å². The van der Waals surface area contributed by atoms with E-state index in [2.05, 4.69) is 67.8 Å². The smallest absolute Gasteiger partial charge is 0.305 e. The third-order valence-corrected chi connectivity index (χ3v) is 14.1. The summed E-state index contributed by atoms with van der Waals surface area (Å²) >= 11 is 0. The highest BCUT2D eigenvalue weighted by Gasteiger charge is 2.44. The molecule has 1 saturated heterocycles. The lowest BCUT2D eigenvalue weighted by Crippen LogP contribution is -2.60. The molecule has 1 aliphatic heterocycles. The Morgan fingerprint density at radius 2 is 0.919 bits per heavy atom. The lowest BCUT2D eigenvalue weighted by Gasteiger charge is -2.40. The summed E-state index contributed by atoms with van der Waals surface area (Å²) in [5.41, 5.74) is 0. The van der Waals surface area contributed by atoms with Crippen LogP contribution in [0.5, 0.6) is 0 Å². The second kappa shape index (κ2) is 52.4. The number of aliphatic hydroxyl groups is 5. The van der Waals surface area contributed by atoms with E-state index in [-0.39, 0.29) is 18.5 Å². The second-order valence-corrected chi connectivity index (χ2v) is 21.0. The highest BCUT2D eigenvalue weighted by Crippen LogP contribution is 2.23. The first-order valence-corrected chi connectivity index (χ1v) is 30.6. The Labute approximate surface area is 452 Å². The predicted octanol–water partition coefficient (Wildman–Crippen LogP) is 14.2. The summed E-state index contributed by atoms with van der Waals surface area (Å²) in [7, 11) is 0. The molecule has 0 aromatic rings. The fraction of sp³-hybridized carbons (Fsp3) is 0.810. The third kappa shape index (κ3) is 41.5. The average molecular weight is 1040 g/mol. The van der Waals surface area contributed by atoms with Crippen LogP contribution in [0, 0.1) is 0 Å². The minimum Gasteiger partial charge on any atom is -0.466 e. The SMILES string of the molecule is CCCCC/C=C\CCCCCCCC(=O)OCCCCCCCCCCC/C=C\C/C=C\CCCCCCCCCCCC(=O)NC(COC1OC(CO)C(O)C(O)C1O)C(O)/C=C/CC/C=C/CCCCC. The Balaban J connectivity index is 2.02. The van der Waals surface area contributed by atoms with Crippen LogP contribution in [0.15, 0.2) is 60.8 Å². The molecule has 0 aromatic carbocycles. The molecule has 0 bridgehead atoms. The molecule has 11 heteroatoms. The molecule has 1 amide bonds. The summed E-state index contributed by atoms with van der Waals surface area (Å²) in [6.07, 6.45) is 57.7. The molecule has 6 N–H and O–H groups in total. The molecule has 1 heterocycles. The molecule has 11 nitrogen and oxygen atoms in total. The number of rotatable bonds is 52. The lowest BCUT2D eigenvalue weighted by atomic mass is 9.99. The van der Waals surface area contributed by atoms with Gasteiger partial charge < -0.3 is 45.1 Å². The first-order chi connectivity index (χ1) is 36.2. The molecule has 0 spiro atoms. The number of ether oxygens (including phenoxy) is 3. The van der Waals surface area contributed by atoms with Gasteiger partial charge in [0.15, 0.2) is 6.29 Å². The van der Waals surface area contributed by atoms with Crippen molar-refractivity contribution < 1.29 is 49.3 Å². The molecule has 74 heavy (non-hydrogen) atoms. The molecule has 1 aliphatic rings. The van der Waals surface area contributed by atoms with Crippen LogP contribution < -0.4 is 5.32 Å². The molecular weight excluding hydrogens is 931 g/mol. The van der Waals surface area contributed by atoms with E-state index in [9.17, 15) is 35.1 Å². The molecule has 7 unspecified atom stereocenters. The molecule has 1 rings (SSSR count). The van der Waals surface area contributed by atoms with E-state index in [1.807, 2.05) is 6.08 Å². The van der Waals surface area contributed by atoms with Crippen molar-refractivity contribution in [1.29, 1.82) is 0 Å². The van der Waals surface area contributed by atoms with Gasteiger partial charge >= 0.3 is 5.97 Å². The molecular formula is C63H113NO10. The van der Waals surface area contributed by atoms with Crippen LogP contribution >= 0.6 is 0 Å². The Morgan fingerprint density at radius 3 is 1.42 bits per heavy atom. The zero-order valence-corrected chi connectivity index (χ0v) is 47.3. The minimum atomic E-state index is -1.58. The van der Waals surface area contributed by atoms with Crippen molar-refractivity contribution in [2.45, 2.75) is 307 Å². The van der Waals surface area contributed by atoms with Crippen LogP contribution in [0.2, 0.25) is 0 Å². The summed E-state index contributed by atoms with van der Waals surface area (Å²) in [4.78, 5) is 25.0. The Bertz CT molecular complexity index is 1410. The maximum absolute atomic E-state index is 13.0. The summed E-state index contributed by atoms with van der Waals surface area (Å²) in [6, 6.07) is -0.832. The quantitative estimate of drug-likeness (QED) is 0.0195. The number of carbonyl (C=O) groups is 2. The van der Waals surface area contributed by atoms with E-state index in [0.29, 0.717) is 19.4 Å². The monoisotopic (exact) mass is 1040 g/mol. The van der Waals surface area contributed by atoms with Crippen molar-refractivity contribution in [2.75, 3.05) is 19.8 Å². The standard InChI is InChI=1S/C63H113NO10/c1-3-5-7-9-11-13-14-31-35-39-43-47-51-59(68)72-52-48-44-40-36-32-29-27-25-23-21-19-17-15-16-18-20-22-24-26-28-30-34-38-42-46-50-58(67)64-55(56(66)49-45-41-37-33-12-10-8-6-4-2)54-73-63-62(71)61(70)60(69)57(53-65)74-63/h11-13,16-19,33,45,49,55-57,60-63,65-66,69-71H,3-10,14-15,20-32,34-44,46-48,50-54H2,1-2H3,(H,64,67)/b13-11-,18-16-,19-17-,33-12+,49-45+. The van der Waals surface area contributed by atoms with Crippen molar-refractivity contribution >= 4 is 11.9 Å². The molecule has 0 saturated carbocycles. The van der Waals surface area contributed by atoms with Gasteiger partial charge in [-0.3, -0.25) is 9.59 Å². The van der Waals surface area contributed by atoms with E-state index in [4.69, 9.17) is 14.2 Å². The maximum atomic E-state index is 13.0. The Kier molecular flexibility index (Phi) is 49.1. The Hall–Kier alpha value is -2.64. The van der Waals surface area contributed by atoms with Gasteiger partial charge in [0.25, 0.3) is 0 Å². The number of hydrogen-bond donors (Lipinski definition) is 6. The van der Waals surface area contributed by atoms with Crippen LogP contribution in [-0.4, -0.2) is 100 Å². The summed E-state index contributed by atoms with van der Waals surface area (Å²) in [5.74, 6) is -0.215. The van der Waals surface area contributed by atoms with Crippen molar-refractivity contribution in [3.63, 3.8) is 0 Å². The van der Waals surface area contributed by atoms with Gasteiger partial charge in [0.2, 0.25) is 5.91 Å². The van der Waals surface area contributed by atoms with Crippen LogP contribution in [-0.2, 0) is 23.8 Å². The van der Waals surface area contributed by atoms with Gasteiger partial charge in [-0.25, -0.2) is 0 Å². The van der Waals surface area contributed by atoms with Crippen molar-refractivity contribution in [3.8, 4) is 0 Å². The molecule has 0 aromatic heterocycles. The second-order valence-electron chi connectivity index (χ2n) is 21.0. The van der Waals surface area contributed by atoms with Gasteiger partial charge in [-0.1, -0.05) is 209 Å². The molecule has 0 aliphatic carbocycles. The number of carbonyl (C=O) groups excluding carboxylic acids is 2. The largest absolute Gasteiger partial charge is 0.466 e. The number of amides is 1. The zero-order chi connectivity index (χ0) is 53.8. The van der Waals surface area contributed by atoms with E-state index in [1.165, 1.54) is 154 Å². The van der Waals surface area contributed by atoms with E-state index in [1.54, 1.807) is 6.08 Å². The number of aliphatic hydroxyl groups excluding tert-OH is 5. The van der Waals surface area contributed by atoms with Crippen LogP contribution in [0.1, 0.15) is 264 Å². The summed E-state index contributed by atoms with van der Waals surface area (Å²) in [5, 5.41) is 54.1. The predicted molar refractivity (Wildman–Crippen MR) is 306 cm³/mol. The Morgan fingerprint density at radius 1 is 0.500 bits per heavy atom.